The Balaban J connectivity index is 2.38. The van der Waals surface area contributed by atoms with E-state index in [1.165, 1.54) is 0 Å². The van der Waals surface area contributed by atoms with Crippen LogP contribution < -0.4 is 9.44 Å². The molecule has 17 heavy (non-hydrogen) atoms. The maximum Gasteiger partial charge on any atom is 0.301 e. The number of rotatable bonds is 5. The van der Waals surface area contributed by atoms with Crippen molar-refractivity contribution >= 4 is 16.1 Å². The van der Waals surface area contributed by atoms with Gasteiger partial charge in [0.15, 0.2) is 0 Å². The van der Waals surface area contributed by atoms with Gasteiger partial charge in [-0.3, -0.25) is 9.69 Å². The Morgan fingerprint density at radius 1 is 1.35 bits per heavy atom. The Hall–Kier alpha value is -0.700. The fourth-order valence-electron chi connectivity index (χ4n) is 1.48. The minimum atomic E-state index is -3.74. The summed E-state index contributed by atoms with van der Waals surface area (Å²) in [5.74, 6) is -0.528. The second-order valence-electron chi connectivity index (χ2n) is 4.19. The molecular weight excluding hydrogens is 246 g/mol. The summed E-state index contributed by atoms with van der Waals surface area (Å²) >= 11 is 0. The molecule has 1 heterocycles. The first kappa shape index (κ1) is 14.4. The third-order valence-electron chi connectivity index (χ3n) is 2.11. The van der Waals surface area contributed by atoms with Crippen LogP contribution in [-0.4, -0.2) is 58.1 Å². The van der Waals surface area contributed by atoms with Crippen LogP contribution in [0.3, 0.4) is 0 Å². The molecule has 0 aromatic carbocycles. The number of nitrogens with one attached hydrogen (secondary N) is 2. The minimum absolute atomic E-state index is 0.0718. The van der Waals surface area contributed by atoms with Gasteiger partial charge in [-0.25, -0.2) is 4.72 Å². The average molecular weight is 265 g/mol. The van der Waals surface area contributed by atoms with Gasteiger partial charge in [0.1, 0.15) is 0 Å². The van der Waals surface area contributed by atoms with Crippen molar-refractivity contribution in [2.24, 2.45) is 0 Å². The number of morpholine rings is 1. The molecule has 2 N–H and O–H groups in total. The summed E-state index contributed by atoms with van der Waals surface area (Å²) in [6, 6.07) is -0.247. The number of nitrogens with zero attached hydrogens (tertiary/aromatic N) is 1. The molecule has 0 aliphatic carbocycles. The molecule has 0 spiro atoms. The summed E-state index contributed by atoms with van der Waals surface area (Å²) in [5.41, 5.74) is 0. The fourth-order valence-corrected chi connectivity index (χ4v) is 2.53. The second-order valence-corrected chi connectivity index (χ2v) is 5.64. The van der Waals surface area contributed by atoms with Gasteiger partial charge in [-0.05, 0) is 13.8 Å². The third-order valence-corrected chi connectivity index (χ3v) is 3.39. The van der Waals surface area contributed by atoms with Crippen molar-refractivity contribution in [3.8, 4) is 0 Å². The molecule has 1 amide bonds. The first-order valence-corrected chi connectivity index (χ1v) is 7.00. The molecule has 7 nitrogen and oxygen atoms in total. The van der Waals surface area contributed by atoms with Crippen LogP contribution in [0.25, 0.3) is 0 Å². The summed E-state index contributed by atoms with van der Waals surface area (Å²) < 4.78 is 32.2. The third kappa shape index (κ3) is 5.97. The Labute approximate surface area is 102 Å². The molecule has 1 aliphatic heterocycles. The number of amides is 1. The summed E-state index contributed by atoms with van der Waals surface area (Å²) in [6.45, 7) is 5.88. The van der Waals surface area contributed by atoms with E-state index in [2.05, 4.69) is 4.72 Å². The van der Waals surface area contributed by atoms with Gasteiger partial charge < -0.3 is 4.74 Å². The normalized spacial score (nSPS) is 18.3. The van der Waals surface area contributed by atoms with Crippen LogP contribution in [0, 0.1) is 0 Å². The molecule has 1 saturated heterocycles. The monoisotopic (exact) mass is 265 g/mol. The van der Waals surface area contributed by atoms with Crippen molar-refractivity contribution in [2.75, 3.05) is 32.8 Å². The lowest BCUT2D eigenvalue weighted by Crippen LogP contribution is -2.48. The predicted molar refractivity (Wildman–Crippen MR) is 62.6 cm³/mol. The van der Waals surface area contributed by atoms with Gasteiger partial charge in [0.25, 0.3) is 0 Å². The SMILES string of the molecule is CC(C)NS(=O)(=O)NC(=O)CN1CCOCC1. The molecule has 8 heteroatoms. The molecule has 1 rings (SSSR count). The molecule has 100 valence electrons. The highest BCUT2D eigenvalue weighted by Gasteiger charge is 2.19. The van der Waals surface area contributed by atoms with E-state index < -0.39 is 16.1 Å². The maximum atomic E-state index is 11.5. The van der Waals surface area contributed by atoms with E-state index in [9.17, 15) is 13.2 Å². The zero-order valence-corrected chi connectivity index (χ0v) is 10.9. The highest BCUT2D eigenvalue weighted by molar-refractivity contribution is 7.88. The molecule has 0 atom stereocenters. The smallest absolute Gasteiger partial charge is 0.301 e. The van der Waals surface area contributed by atoms with Crippen molar-refractivity contribution in [3.05, 3.63) is 0 Å². The molecule has 1 aliphatic rings. The van der Waals surface area contributed by atoms with Crippen LogP contribution in [-0.2, 0) is 19.7 Å². The molecule has 0 saturated carbocycles. The van der Waals surface area contributed by atoms with Gasteiger partial charge in [0.05, 0.1) is 19.8 Å². The van der Waals surface area contributed by atoms with Crippen molar-refractivity contribution in [2.45, 2.75) is 19.9 Å². The molecule has 0 aromatic heterocycles. The average Bonchev–Trinajstić information content (AvgIpc) is 2.15. The maximum absolute atomic E-state index is 11.5. The van der Waals surface area contributed by atoms with Crippen molar-refractivity contribution in [3.63, 3.8) is 0 Å². The highest BCUT2D eigenvalue weighted by atomic mass is 32.2. The fraction of sp³-hybridized carbons (Fsp3) is 0.889. The van der Waals surface area contributed by atoms with Crippen molar-refractivity contribution in [1.82, 2.24) is 14.3 Å². The summed E-state index contributed by atoms with van der Waals surface area (Å²) in [7, 11) is -3.74. The molecule has 0 unspecified atom stereocenters. The van der Waals surface area contributed by atoms with Crippen molar-refractivity contribution < 1.29 is 17.9 Å². The molecule has 0 aromatic rings. The largest absolute Gasteiger partial charge is 0.379 e. The van der Waals surface area contributed by atoms with E-state index in [-0.39, 0.29) is 12.6 Å². The summed E-state index contributed by atoms with van der Waals surface area (Å²) in [5, 5.41) is 0. The minimum Gasteiger partial charge on any atom is -0.379 e. The Morgan fingerprint density at radius 3 is 2.47 bits per heavy atom. The van der Waals surface area contributed by atoms with Crippen LogP contribution in [0.5, 0.6) is 0 Å². The molecular formula is C9H19N3O4S. The standard InChI is InChI=1S/C9H19N3O4S/c1-8(2)10-17(14,15)11-9(13)7-12-3-5-16-6-4-12/h8,10H,3-7H2,1-2H3,(H,11,13). The lowest BCUT2D eigenvalue weighted by molar-refractivity contribution is -0.121. The molecule has 1 fully saturated rings. The molecule has 0 bridgehead atoms. The summed E-state index contributed by atoms with van der Waals surface area (Å²) in [4.78, 5) is 13.3. The number of ether oxygens (including phenoxy) is 1. The Kier molecular flexibility index (Phi) is 5.31. The summed E-state index contributed by atoms with van der Waals surface area (Å²) in [6.07, 6.45) is 0. The Bertz CT molecular complexity index is 349. The van der Waals surface area contributed by atoms with Crippen LogP contribution in [0.1, 0.15) is 13.8 Å². The van der Waals surface area contributed by atoms with Gasteiger partial charge in [0.2, 0.25) is 5.91 Å². The lowest BCUT2D eigenvalue weighted by atomic mass is 10.4. The second kappa shape index (κ2) is 6.29. The topological polar surface area (TPSA) is 87.7 Å². The van der Waals surface area contributed by atoms with E-state index in [1.54, 1.807) is 13.8 Å². The zero-order valence-electron chi connectivity index (χ0n) is 10.1. The van der Waals surface area contributed by atoms with Gasteiger partial charge in [-0.15, -0.1) is 0 Å². The van der Waals surface area contributed by atoms with Gasteiger partial charge in [0, 0.05) is 19.1 Å². The van der Waals surface area contributed by atoms with E-state index >= 15 is 0 Å². The van der Waals surface area contributed by atoms with Crippen LogP contribution in [0.4, 0.5) is 0 Å². The van der Waals surface area contributed by atoms with Crippen LogP contribution in [0.15, 0.2) is 0 Å². The van der Waals surface area contributed by atoms with Crippen LogP contribution in [0.2, 0.25) is 0 Å². The van der Waals surface area contributed by atoms with Gasteiger partial charge in [-0.2, -0.15) is 13.1 Å². The van der Waals surface area contributed by atoms with Gasteiger partial charge in [-0.1, -0.05) is 0 Å². The number of hydrogen-bond acceptors (Lipinski definition) is 5. The Morgan fingerprint density at radius 2 is 1.94 bits per heavy atom. The first-order chi connectivity index (χ1) is 7.89. The van der Waals surface area contributed by atoms with Crippen molar-refractivity contribution in [1.29, 1.82) is 0 Å². The van der Waals surface area contributed by atoms with E-state index in [1.807, 2.05) is 9.62 Å². The van der Waals surface area contributed by atoms with Crippen LogP contribution >= 0.6 is 0 Å². The van der Waals surface area contributed by atoms with Gasteiger partial charge >= 0.3 is 10.2 Å². The quantitative estimate of drug-likeness (QED) is 0.643. The lowest BCUT2D eigenvalue weighted by Gasteiger charge is -2.25. The zero-order chi connectivity index (χ0) is 12.9. The number of carbonyl (C=O) groups excluding carboxylic acids is 1. The predicted octanol–water partition coefficient (Wildman–Crippen LogP) is -1.32. The number of carbonyl (C=O) groups is 1. The van der Waals surface area contributed by atoms with E-state index in [4.69, 9.17) is 4.74 Å². The van der Waals surface area contributed by atoms with E-state index in [0.717, 1.165) is 0 Å². The molecule has 0 radical (unpaired) electrons. The highest BCUT2D eigenvalue weighted by Crippen LogP contribution is 1.96. The first-order valence-electron chi connectivity index (χ1n) is 5.52. The number of hydrogen-bond donors (Lipinski definition) is 2. The van der Waals surface area contributed by atoms with E-state index in [0.29, 0.717) is 26.3 Å².